The molecular formula is C17H16BrClN2O2. The van der Waals surface area contributed by atoms with Crippen molar-refractivity contribution in [2.75, 3.05) is 6.54 Å². The molecule has 4 nitrogen and oxygen atoms in total. The van der Waals surface area contributed by atoms with Crippen LogP contribution in [-0.4, -0.2) is 18.4 Å². The van der Waals surface area contributed by atoms with Gasteiger partial charge >= 0.3 is 0 Å². The molecule has 2 N–H and O–H groups in total. The predicted molar refractivity (Wildman–Crippen MR) is 94.4 cm³/mol. The molecule has 0 fully saturated rings. The summed E-state index contributed by atoms with van der Waals surface area (Å²) < 4.78 is 0.890. The molecular weight excluding hydrogens is 380 g/mol. The maximum Gasteiger partial charge on any atom is 0.251 e. The van der Waals surface area contributed by atoms with Gasteiger partial charge in [0.1, 0.15) is 0 Å². The normalized spacial score (nSPS) is 10.2. The number of rotatable bonds is 6. The Balaban J connectivity index is 1.72. The number of hydrogen-bond donors (Lipinski definition) is 2. The van der Waals surface area contributed by atoms with E-state index in [0.29, 0.717) is 17.1 Å². The second kappa shape index (κ2) is 8.70. The highest BCUT2D eigenvalue weighted by atomic mass is 79.9. The summed E-state index contributed by atoms with van der Waals surface area (Å²) in [6.45, 7) is 0.644. The van der Waals surface area contributed by atoms with Gasteiger partial charge in [-0.2, -0.15) is 0 Å². The third kappa shape index (κ3) is 5.69. The van der Waals surface area contributed by atoms with Gasteiger partial charge in [-0.15, -0.1) is 0 Å². The smallest absolute Gasteiger partial charge is 0.251 e. The highest BCUT2D eigenvalue weighted by Crippen LogP contribution is 2.21. The van der Waals surface area contributed by atoms with Gasteiger partial charge in [0.25, 0.3) is 5.91 Å². The number of halogens is 2. The third-order valence-corrected chi connectivity index (χ3v) is 4.01. The average Bonchev–Trinajstić information content (AvgIpc) is 2.54. The molecule has 23 heavy (non-hydrogen) atoms. The van der Waals surface area contributed by atoms with E-state index in [1.54, 1.807) is 30.3 Å². The van der Waals surface area contributed by atoms with E-state index >= 15 is 0 Å². The molecule has 2 aromatic carbocycles. The van der Waals surface area contributed by atoms with Crippen LogP contribution >= 0.6 is 27.5 Å². The summed E-state index contributed by atoms with van der Waals surface area (Å²) in [6, 6.07) is 14.4. The van der Waals surface area contributed by atoms with E-state index in [-0.39, 0.29) is 24.8 Å². The Morgan fingerprint density at radius 1 is 1.04 bits per heavy atom. The van der Waals surface area contributed by atoms with Crippen LogP contribution in [0.1, 0.15) is 22.3 Å². The van der Waals surface area contributed by atoms with Crippen molar-refractivity contribution in [1.29, 1.82) is 0 Å². The Labute approximate surface area is 148 Å². The van der Waals surface area contributed by atoms with Crippen LogP contribution in [-0.2, 0) is 11.3 Å². The maximum atomic E-state index is 11.8. The third-order valence-electron chi connectivity index (χ3n) is 3.16. The lowest BCUT2D eigenvalue weighted by Crippen LogP contribution is -2.30. The first-order valence-electron chi connectivity index (χ1n) is 7.10. The van der Waals surface area contributed by atoms with Gasteiger partial charge in [0.15, 0.2) is 0 Å². The summed E-state index contributed by atoms with van der Waals surface area (Å²) in [6.07, 6.45) is 0.215. The van der Waals surface area contributed by atoms with Crippen LogP contribution in [0.2, 0.25) is 5.02 Å². The van der Waals surface area contributed by atoms with Crippen LogP contribution in [0.15, 0.2) is 53.0 Å². The number of benzene rings is 2. The minimum absolute atomic E-state index is 0.141. The van der Waals surface area contributed by atoms with E-state index in [0.717, 1.165) is 10.0 Å². The number of carbonyl (C=O) groups excluding carboxylic acids is 2. The van der Waals surface area contributed by atoms with Crippen LogP contribution in [0, 0.1) is 0 Å². The molecule has 0 heterocycles. The highest BCUT2D eigenvalue weighted by Gasteiger charge is 2.07. The van der Waals surface area contributed by atoms with Crippen LogP contribution in [0.25, 0.3) is 0 Å². The van der Waals surface area contributed by atoms with Crippen LogP contribution < -0.4 is 10.6 Å². The number of amides is 2. The quantitative estimate of drug-likeness (QED) is 0.786. The second-order valence-electron chi connectivity index (χ2n) is 4.88. The Bertz CT molecular complexity index is 692. The summed E-state index contributed by atoms with van der Waals surface area (Å²) >= 11 is 9.42. The van der Waals surface area contributed by atoms with Crippen molar-refractivity contribution >= 4 is 39.3 Å². The van der Waals surface area contributed by atoms with Crippen LogP contribution in [0.5, 0.6) is 0 Å². The highest BCUT2D eigenvalue weighted by molar-refractivity contribution is 9.10. The van der Waals surface area contributed by atoms with Gasteiger partial charge in [-0.1, -0.05) is 51.8 Å². The molecule has 2 aromatic rings. The van der Waals surface area contributed by atoms with Gasteiger partial charge in [-0.3, -0.25) is 9.59 Å². The van der Waals surface area contributed by atoms with E-state index in [1.807, 2.05) is 18.2 Å². The molecule has 0 saturated heterocycles. The van der Waals surface area contributed by atoms with E-state index in [9.17, 15) is 9.59 Å². The fourth-order valence-corrected chi connectivity index (χ4v) is 2.67. The van der Waals surface area contributed by atoms with Crippen LogP contribution in [0.3, 0.4) is 0 Å². The SMILES string of the molecule is O=C(CCNC(=O)c1ccccc1)NCc1ccc(Br)cc1Cl. The van der Waals surface area contributed by atoms with Gasteiger partial charge in [0.05, 0.1) is 0 Å². The molecule has 0 radical (unpaired) electrons. The monoisotopic (exact) mass is 394 g/mol. The van der Waals surface area contributed by atoms with Crippen molar-refractivity contribution in [2.24, 2.45) is 0 Å². The lowest BCUT2D eigenvalue weighted by Gasteiger charge is -2.08. The molecule has 0 unspecified atom stereocenters. The Morgan fingerprint density at radius 3 is 2.48 bits per heavy atom. The molecule has 0 aliphatic carbocycles. The van der Waals surface area contributed by atoms with Crippen LogP contribution in [0.4, 0.5) is 0 Å². The summed E-state index contributed by atoms with van der Waals surface area (Å²) in [5, 5.41) is 6.09. The first kappa shape index (κ1) is 17.5. The Kier molecular flexibility index (Phi) is 6.62. The molecule has 2 rings (SSSR count). The second-order valence-corrected chi connectivity index (χ2v) is 6.21. The number of nitrogens with one attached hydrogen (secondary N) is 2. The van der Waals surface area contributed by atoms with Gasteiger partial charge in [0, 0.05) is 34.6 Å². The number of carbonyl (C=O) groups is 2. The largest absolute Gasteiger partial charge is 0.352 e. The van der Waals surface area contributed by atoms with Gasteiger partial charge < -0.3 is 10.6 Å². The number of hydrogen-bond acceptors (Lipinski definition) is 2. The summed E-state index contributed by atoms with van der Waals surface area (Å²) in [4.78, 5) is 23.6. The summed E-state index contributed by atoms with van der Waals surface area (Å²) in [5.74, 6) is -0.327. The predicted octanol–water partition coefficient (Wildman–Crippen LogP) is 3.54. The molecule has 0 aromatic heterocycles. The standard InChI is InChI=1S/C17H16BrClN2O2/c18-14-7-6-13(15(19)10-14)11-21-16(22)8-9-20-17(23)12-4-2-1-3-5-12/h1-7,10H,8-9,11H2,(H,20,23)(H,21,22). The van der Waals surface area contributed by atoms with Gasteiger partial charge in [-0.05, 0) is 29.8 Å². The molecule has 0 saturated carbocycles. The molecule has 6 heteroatoms. The minimum atomic E-state index is -0.186. The van der Waals surface area contributed by atoms with Gasteiger partial charge in [-0.25, -0.2) is 0 Å². The Morgan fingerprint density at radius 2 is 1.78 bits per heavy atom. The van der Waals surface area contributed by atoms with Crippen molar-refractivity contribution in [3.05, 3.63) is 69.2 Å². The topological polar surface area (TPSA) is 58.2 Å². The van der Waals surface area contributed by atoms with E-state index in [1.165, 1.54) is 0 Å². The van der Waals surface area contributed by atoms with E-state index in [4.69, 9.17) is 11.6 Å². The lowest BCUT2D eigenvalue weighted by molar-refractivity contribution is -0.121. The lowest BCUT2D eigenvalue weighted by atomic mass is 10.2. The van der Waals surface area contributed by atoms with Gasteiger partial charge in [0.2, 0.25) is 5.91 Å². The van der Waals surface area contributed by atoms with Crippen molar-refractivity contribution in [2.45, 2.75) is 13.0 Å². The van der Waals surface area contributed by atoms with E-state index < -0.39 is 0 Å². The van der Waals surface area contributed by atoms with Crippen molar-refractivity contribution in [3.63, 3.8) is 0 Å². The van der Waals surface area contributed by atoms with Crippen molar-refractivity contribution in [3.8, 4) is 0 Å². The molecule has 0 aliphatic rings. The molecule has 0 bridgehead atoms. The maximum absolute atomic E-state index is 11.8. The molecule has 120 valence electrons. The summed E-state index contributed by atoms with van der Waals surface area (Å²) in [7, 11) is 0. The molecule has 2 amide bonds. The molecule has 0 atom stereocenters. The summed E-state index contributed by atoms with van der Waals surface area (Å²) in [5.41, 5.74) is 1.42. The Hall–Kier alpha value is -1.85. The van der Waals surface area contributed by atoms with Crippen molar-refractivity contribution in [1.82, 2.24) is 10.6 Å². The first-order chi connectivity index (χ1) is 11.1. The molecule has 0 spiro atoms. The zero-order chi connectivity index (χ0) is 16.7. The van der Waals surface area contributed by atoms with E-state index in [2.05, 4.69) is 26.6 Å². The fraction of sp³-hybridized carbons (Fsp3) is 0.176. The van der Waals surface area contributed by atoms with Crippen molar-refractivity contribution < 1.29 is 9.59 Å². The zero-order valence-corrected chi connectivity index (χ0v) is 14.7. The zero-order valence-electron chi connectivity index (χ0n) is 12.3. The first-order valence-corrected chi connectivity index (χ1v) is 8.27. The minimum Gasteiger partial charge on any atom is -0.352 e. The average molecular weight is 396 g/mol. The molecule has 0 aliphatic heterocycles. The fourth-order valence-electron chi connectivity index (χ4n) is 1.93.